The van der Waals surface area contributed by atoms with Gasteiger partial charge in [0.1, 0.15) is 28.6 Å². The number of likely N-dealkylation sites (tertiary alicyclic amines) is 1. The highest BCUT2D eigenvalue weighted by Crippen LogP contribution is 2.42. The van der Waals surface area contributed by atoms with Gasteiger partial charge in [-0.1, -0.05) is 45.0 Å². The topological polar surface area (TPSA) is 96.3 Å². The Morgan fingerprint density at radius 1 is 0.900 bits per heavy atom. The van der Waals surface area contributed by atoms with Crippen LogP contribution >= 0.6 is 0 Å². The summed E-state index contributed by atoms with van der Waals surface area (Å²) in [4.78, 5) is 28.4. The number of aliphatic hydroxyl groups is 1. The van der Waals surface area contributed by atoms with E-state index in [0.29, 0.717) is 22.6 Å². The lowest BCUT2D eigenvalue weighted by Gasteiger charge is -2.26. The number of phenols is 1. The molecule has 1 fully saturated rings. The van der Waals surface area contributed by atoms with E-state index < -0.39 is 17.7 Å². The van der Waals surface area contributed by atoms with Gasteiger partial charge in [-0.25, -0.2) is 0 Å². The van der Waals surface area contributed by atoms with Crippen LogP contribution in [0.2, 0.25) is 0 Å². The van der Waals surface area contributed by atoms with Gasteiger partial charge in [-0.2, -0.15) is 0 Å². The van der Waals surface area contributed by atoms with Crippen LogP contribution in [0.5, 0.6) is 17.2 Å². The van der Waals surface area contributed by atoms with Gasteiger partial charge in [-0.15, -0.1) is 0 Å². The van der Waals surface area contributed by atoms with Gasteiger partial charge < -0.3 is 24.6 Å². The van der Waals surface area contributed by atoms with Crippen LogP contribution in [0.3, 0.4) is 0 Å². The number of methoxy groups -OCH3 is 1. The van der Waals surface area contributed by atoms with Gasteiger partial charge >= 0.3 is 0 Å². The van der Waals surface area contributed by atoms with Gasteiger partial charge in [-0.3, -0.25) is 9.59 Å². The maximum atomic E-state index is 13.5. The van der Waals surface area contributed by atoms with Gasteiger partial charge in [-0.05, 0) is 79.8 Å². The van der Waals surface area contributed by atoms with Crippen molar-refractivity contribution in [1.82, 2.24) is 4.90 Å². The third-order valence-corrected chi connectivity index (χ3v) is 6.73. The second-order valence-corrected chi connectivity index (χ2v) is 12.0. The molecule has 7 nitrogen and oxygen atoms in total. The molecule has 0 spiro atoms. The molecule has 210 valence electrons. The molecule has 1 unspecified atom stereocenters. The van der Waals surface area contributed by atoms with Crippen LogP contribution in [-0.4, -0.2) is 39.5 Å². The second-order valence-electron chi connectivity index (χ2n) is 12.0. The summed E-state index contributed by atoms with van der Waals surface area (Å²) >= 11 is 0. The molecule has 40 heavy (non-hydrogen) atoms. The highest BCUT2D eigenvalue weighted by molar-refractivity contribution is 6.46. The Morgan fingerprint density at radius 2 is 1.52 bits per heavy atom. The fraction of sp³-hybridized carbons (Fsp3) is 0.333. The second kappa shape index (κ2) is 10.7. The first-order valence-electron chi connectivity index (χ1n) is 13.2. The van der Waals surface area contributed by atoms with E-state index >= 15 is 0 Å². The summed E-state index contributed by atoms with van der Waals surface area (Å²) in [7, 11) is 1.59. The van der Waals surface area contributed by atoms with Crippen LogP contribution in [0.4, 0.5) is 0 Å². The molecule has 0 saturated carbocycles. The lowest BCUT2D eigenvalue weighted by Crippen LogP contribution is -2.29. The number of carbonyl (C=O) groups excluding carboxylic acids is 2. The predicted molar refractivity (Wildman–Crippen MR) is 154 cm³/mol. The molecule has 4 rings (SSSR count). The standard InChI is InChI=1S/C33H37NO6/c1-32(2,3)25-18-22(12-17-26(25)39-7)29(36)27-28(21-10-13-23(35)14-11-21)34(31(38)30(27)37)19-20-8-15-24(16-9-20)40-33(4,5)6/h8-18,28,35-36H,19H2,1-7H3/b29-27-. The van der Waals surface area contributed by atoms with E-state index in [2.05, 4.69) is 0 Å². The first-order chi connectivity index (χ1) is 18.7. The smallest absolute Gasteiger partial charge is 0.295 e. The minimum Gasteiger partial charge on any atom is -0.508 e. The number of carbonyl (C=O) groups is 2. The van der Waals surface area contributed by atoms with E-state index in [4.69, 9.17) is 9.47 Å². The number of rotatable bonds is 6. The van der Waals surface area contributed by atoms with Crippen LogP contribution in [0.1, 0.15) is 69.8 Å². The first kappa shape index (κ1) is 28.7. The van der Waals surface area contributed by atoms with Crippen LogP contribution in [0, 0.1) is 0 Å². The number of hydrogen-bond acceptors (Lipinski definition) is 6. The summed E-state index contributed by atoms with van der Waals surface area (Å²) in [5.74, 6) is -0.322. The molecule has 0 aromatic heterocycles. The van der Waals surface area contributed by atoms with Crippen molar-refractivity contribution in [2.45, 2.75) is 65.1 Å². The Hall–Kier alpha value is -4.26. The van der Waals surface area contributed by atoms with Crippen LogP contribution in [-0.2, 0) is 21.5 Å². The summed E-state index contributed by atoms with van der Waals surface area (Å²) in [5.41, 5.74) is 2.00. The van der Waals surface area contributed by atoms with Gasteiger partial charge in [0.25, 0.3) is 11.7 Å². The van der Waals surface area contributed by atoms with Crippen molar-refractivity contribution in [3.63, 3.8) is 0 Å². The number of ether oxygens (including phenoxy) is 2. The first-order valence-corrected chi connectivity index (χ1v) is 13.2. The minimum atomic E-state index is -0.855. The van der Waals surface area contributed by atoms with Gasteiger partial charge in [0.05, 0.1) is 18.7 Å². The summed E-state index contributed by atoms with van der Waals surface area (Å²) in [6.07, 6.45) is 0. The summed E-state index contributed by atoms with van der Waals surface area (Å²) in [6, 6.07) is 18.0. The van der Waals surface area contributed by atoms with Crippen molar-refractivity contribution in [1.29, 1.82) is 0 Å². The zero-order chi connectivity index (χ0) is 29.4. The number of Topliss-reactive ketones (excluding diaryl/α,β-unsaturated/α-hetero) is 1. The van der Waals surface area contributed by atoms with E-state index in [1.165, 1.54) is 17.0 Å². The van der Waals surface area contributed by atoms with Crippen LogP contribution < -0.4 is 9.47 Å². The van der Waals surface area contributed by atoms with E-state index in [-0.39, 0.29) is 34.6 Å². The van der Waals surface area contributed by atoms with Gasteiger partial charge in [0.2, 0.25) is 0 Å². The summed E-state index contributed by atoms with van der Waals surface area (Å²) in [6.45, 7) is 12.1. The van der Waals surface area contributed by atoms with Gasteiger partial charge in [0, 0.05) is 17.7 Å². The molecule has 1 heterocycles. The minimum absolute atomic E-state index is 0.00611. The Labute approximate surface area is 235 Å². The fourth-order valence-corrected chi connectivity index (χ4v) is 4.86. The molecule has 1 aliphatic heterocycles. The van der Waals surface area contributed by atoms with E-state index in [9.17, 15) is 19.8 Å². The molecule has 1 atom stereocenters. The molecular weight excluding hydrogens is 506 g/mol. The molecule has 7 heteroatoms. The Balaban J connectivity index is 1.80. The lowest BCUT2D eigenvalue weighted by molar-refractivity contribution is -0.140. The Kier molecular flexibility index (Phi) is 7.70. The number of aliphatic hydroxyl groups excluding tert-OH is 1. The van der Waals surface area contributed by atoms with Crippen molar-refractivity contribution in [2.24, 2.45) is 0 Å². The van der Waals surface area contributed by atoms with Crippen molar-refractivity contribution in [3.05, 3.63) is 94.6 Å². The fourth-order valence-electron chi connectivity index (χ4n) is 4.86. The van der Waals surface area contributed by atoms with E-state index in [1.54, 1.807) is 37.4 Å². The average Bonchev–Trinajstić information content (AvgIpc) is 3.13. The summed E-state index contributed by atoms with van der Waals surface area (Å²) < 4.78 is 11.4. The van der Waals surface area contributed by atoms with Crippen molar-refractivity contribution in [3.8, 4) is 17.2 Å². The van der Waals surface area contributed by atoms with E-state index in [1.807, 2.05) is 65.8 Å². The number of hydrogen-bond donors (Lipinski definition) is 2. The molecule has 0 bridgehead atoms. The lowest BCUT2D eigenvalue weighted by atomic mass is 9.84. The zero-order valence-electron chi connectivity index (χ0n) is 24.1. The van der Waals surface area contributed by atoms with Crippen molar-refractivity contribution < 1.29 is 29.3 Å². The van der Waals surface area contributed by atoms with Crippen LogP contribution in [0.25, 0.3) is 5.76 Å². The number of benzene rings is 3. The molecule has 0 radical (unpaired) electrons. The third kappa shape index (κ3) is 5.98. The molecule has 1 aliphatic rings. The number of aromatic hydroxyl groups is 1. The highest BCUT2D eigenvalue weighted by Gasteiger charge is 2.46. The van der Waals surface area contributed by atoms with Gasteiger partial charge in [0.15, 0.2) is 0 Å². The quantitative estimate of drug-likeness (QED) is 0.209. The molecule has 1 amide bonds. The molecule has 2 N–H and O–H groups in total. The van der Waals surface area contributed by atoms with E-state index in [0.717, 1.165) is 11.1 Å². The molecule has 3 aromatic carbocycles. The molecule has 3 aromatic rings. The normalized spacial score (nSPS) is 17.3. The molecular formula is C33H37NO6. The van der Waals surface area contributed by atoms with Crippen molar-refractivity contribution in [2.75, 3.05) is 7.11 Å². The Bertz CT molecular complexity index is 1440. The average molecular weight is 544 g/mol. The molecule has 1 saturated heterocycles. The summed E-state index contributed by atoms with van der Waals surface area (Å²) in [5, 5.41) is 21.4. The number of nitrogens with zero attached hydrogens (tertiary/aromatic N) is 1. The number of amides is 1. The zero-order valence-corrected chi connectivity index (χ0v) is 24.1. The van der Waals surface area contributed by atoms with Crippen LogP contribution in [0.15, 0.2) is 72.3 Å². The third-order valence-electron chi connectivity index (χ3n) is 6.73. The number of ketones is 1. The SMILES string of the molecule is COc1ccc(/C(O)=C2/C(=O)C(=O)N(Cc3ccc(OC(C)(C)C)cc3)C2c2ccc(O)cc2)cc1C(C)(C)C. The monoisotopic (exact) mass is 543 g/mol. The maximum absolute atomic E-state index is 13.5. The van der Waals surface area contributed by atoms with Crippen molar-refractivity contribution >= 4 is 17.4 Å². The predicted octanol–water partition coefficient (Wildman–Crippen LogP) is 6.50. The highest BCUT2D eigenvalue weighted by atomic mass is 16.5. The largest absolute Gasteiger partial charge is 0.508 e. The molecule has 0 aliphatic carbocycles. The Morgan fingerprint density at radius 3 is 2.08 bits per heavy atom. The number of phenolic OH excluding ortho intramolecular Hbond substituents is 1. The maximum Gasteiger partial charge on any atom is 0.295 e.